The Balaban J connectivity index is 1.49. The average molecular weight is 361 g/mol. The number of fused-ring (bicyclic) bond motifs is 2. The molecule has 0 aromatic heterocycles. The van der Waals surface area contributed by atoms with Crippen molar-refractivity contribution in [2.75, 3.05) is 6.16 Å². The zero-order valence-electron chi connectivity index (χ0n) is 13.2. The van der Waals surface area contributed by atoms with Crippen LogP contribution in [0.3, 0.4) is 0 Å². The first-order valence-corrected chi connectivity index (χ1v) is 10.8. The summed E-state index contributed by atoms with van der Waals surface area (Å²) in [4.78, 5) is 19.2. The molecule has 24 heavy (non-hydrogen) atoms. The van der Waals surface area contributed by atoms with Crippen molar-refractivity contribution in [1.29, 1.82) is 0 Å². The van der Waals surface area contributed by atoms with Crippen LogP contribution < -0.4 is 5.32 Å². The molecule has 2 heterocycles. The highest BCUT2D eigenvalue weighted by atomic mass is 32.2. The SMILES string of the molecule is O=P(O)(O)CCCCc1ccc2c(c1)SC13CC=CC=C1NC=C23. The Morgan fingerprint density at radius 2 is 2.17 bits per heavy atom. The van der Waals surface area contributed by atoms with Crippen molar-refractivity contribution in [2.45, 2.75) is 35.3 Å². The van der Waals surface area contributed by atoms with Crippen LogP contribution in [0, 0.1) is 0 Å². The number of allylic oxidation sites excluding steroid dienone is 3. The van der Waals surface area contributed by atoms with Crippen molar-refractivity contribution in [3.8, 4) is 0 Å². The number of nitrogens with one attached hydrogen (secondary N) is 1. The summed E-state index contributed by atoms with van der Waals surface area (Å²) >= 11 is 1.92. The molecule has 4 rings (SSSR count). The normalized spacial score (nSPS) is 23.9. The summed E-state index contributed by atoms with van der Waals surface area (Å²) in [6.07, 6.45) is 11.9. The summed E-state index contributed by atoms with van der Waals surface area (Å²) in [6, 6.07) is 6.60. The summed E-state index contributed by atoms with van der Waals surface area (Å²) < 4.78 is 10.9. The van der Waals surface area contributed by atoms with Gasteiger partial charge >= 0.3 is 7.60 Å². The summed E-state index contributed by atoms with van der Waals surface area (Å²) in [5.74, 6) is 0. The summed E-state index contributed by atoms with van der Waals surface area (Å²) in [5, 5.41) is 3.42. The predicted molar refractivity (Wildman–Crippen MR) is 97.8 cm³/mol. The molecule has 2 aliphatic heterocycles. The maximum atomic E-state index is 10.9. The molecule has 1 aromatic carbocycles. The van der Waals surface area contributed by atoms with Crippen LogP contribution in [0.15, 0.2) is 53.2 Å². The van der Waals surface area contributed by atoms with Crippen LogP contribution in [0.1, 0.15) is 30.4 Å². The van der Waals surface area contributed by atoms with E-state index in [2.05, 4.69) is 47.9 Å². The van der Waals surface area contributed by atoms with Crippen molar-refractivity contribution in [1.82, 2.24) is 5.32 Å². The van der Waals surface area contributed by atoms with Gasteiger partial charge in [-0.2, -0.15) is 0 Å². The topological polar surface area (TPSA) is 69.6 Å². The molecule has 0 amide bonds. The minimum Gasteiger partial charge on any atom is -0.363 e. The van der Waals surface area contributed by atoms with E-state index in [9.17, 15) is 4.57 Å². The second-order valence-electron chi connectivity index (χ2n) is 6.52. The fraction of sp³-hybridized carbons (Fsp3) is 0.333. The van der Waals surface area contributed by atoms with E-state index in [1.807, 2.05) is 11.8 Å². The van der Waals surface area contributed by atoms with Crippen LogP contribution in [0.2, 0.25) is 0 Å². The highest BCUT2D eigenvalue weighted by Gasteiger charge is 2.48. The number of unbranched alkanes of at least 4 members (excludes halogenated alkanes) is 1. The zero-order valence-corrected chi connectivity index (χ0v) is 14.9. The lowest BCUT2D eigenvalue weighted by molar-refractivity contribution is 0.371. The minimum absolute atomic E-state index is 0.0190. The number of thioether (sulfide) groups is 1. The van der Waals surface area contributed by atoms with Gasteiger partial charge < -0.3 is 15.1 Å². The predicted octanol–water partition coefficient (Wildman–Crippen LogP) is 3.82. The lowest BCUT2D eigenvalue weighted by atomic mass is 9.87. The Labute approximate surface area is 145 Å². The molecule has 1 atom stereocenters. The average Bonchev–Trinajstić information content (AvgIpc) is 3.03. The molecule has 1 spiro atoms. The molecule has 1 unspecified atom stereocenters. The molecular weight excluding hydrogens is 341 g/mol. The second-order valence-corrected chi connectivity index (χ2v) is 9.64. The summed E-state index contributed by atoms with van der Waals surface area (Å²) in [7, 11) is -3.86. The van der Waals surface area contributed by atoms with Gasteiger partial charge in [-0.05, 0) is 54.5 Å². The molecule has 1 aliphatic carbocycles. The van der Waals surface area contributed by atoms with Gasteiger partial charge in [0.05, 0.1) is 4.75 Å². The molecule has 1 aromatic rings. The molecule has 4 nitrogen and oxygen atoms in total. The van der Waals surface area contributed by atoms with Crippen molar-refractivity contribution >= 4 is 24.9 Å². The maximum absolute atomic E-state index is 10.9. The van der Waals surface area contributed by atoms with Crippen molar-refractivity contribution in [3.63, 3.8) is 0 Å². The fourth-order valence-electron chi connectivity index (χ4n) is 3.64. The molecule has 3 aliphatic rings. The number of aryl methyl sites for hydroxylation is 1. The third kappa shape index (κ3) is 2.80. The van der Waals surface area contributed by atoms with Crippen molar-refractivity contribution in [3.05, 3.63) is 59.5 Å². The van der Waals surface area contributed by atoms with Crippen LogP contribution in [0.4, 0.5) is 0 Å². The number of rotatable bonds is 5. The first-order chi connectivity index (χ1) is 11.5. The highest BCUT2D eigenvalue weighted by molar-refractivity contribution is 8.02. The zero-order chi connectivity index (χ0) is 16.8. The number of hydrogen-bond donors (Lipinski definition) is 3. The van der Waals surface area contributed by atoms with Gasteiger partial charge in [-0.1, -0.05) is 24.3 Å². The quantitative estimate of drug-likeness (QED) is 0.549. The number of benzene rings is 1. The highest BCUT2D eigenvalue weighted by Crippen LogP contribution is 2.60. The largest absolute Gasteiger partial charge is 0.363 e. The Kier molecular flexibility index (Phi) is 4.00. The first kappa shape index (κ1) is 16.2. The molecule has 0 bridgehead atoms. The molecule has 0 saturated carbocycles. The van der Waals surface area contributed by atoms with Crippen LogP contribution in [0.25, 0.3) is 5.57 Å². The van der Waals surface area contributed by atoms with E-state index in [1.54, 1.807) is 0 Å². The van der Waals surface area contributed by atoms with E-state index >= 15 is 0 Å². The first-order valence-electron chi connectivity index (χ1n) is 8.19. The Hall–Kier alpha value is -1.26. The third-order valence-corrected chi connectivity index (χ3v) is 7.24. The Bertz CT molecular complexity index is 824. The Morgan fingerprint density at radius 1 is 1.29 bits per heavy atom. The van der Waals surface area contributed by atoms with Crippen molar-refractivity contribution < 1.29 is 14.4 Å². The number of hydrogen-bond acceptors (Lipinski definition) is 3. The van der Waals surface area contributed by atoms with Gasteiger partial charge in [0, 0.05) is 23.0 Å². The molecular formula is C18H20NO3PS. The smallest absolute Gasteiger partial charge is 0.325 e. The molecule has 3 N–H and O–H groups in total. The third-order valence-electron chi connectivity index (χ3n) is 4.83. The van der Waals surface area contributed by atoms with E-state index in [1.165, 1.54) is 27.3 Å². The van der Waals surface area contributed by atoms with Crippen molar-refractivity contribution in [2.24, 2.45) is 0 Å². The van der Waals surface area contributed by atoms with E-state index in [-0.39, 0.29) is 10.9 Å². The van der Waals surface area contributed by atoms with Crippen LogP contribution in [-0.2, 0) is 11.0 Å². The van der Waals surface area contributed by atoms with Gasteiger partial charge in [0.25, 0.3) is 0 Å². The van der Waals surface area contributed by atoms with E-state index in [0.29, 0.717) is 6.42 Å². The molecule has 0 saturated heterocycles. The van der Waals surface area contributed by atoms with E-state index in [4.69, 9.17) is 9.79 Å². The fourth-order valence-corrected chi connectivity index (χ4v) is 5.84. The minimum atomic E-state index is -3.86. The van der Waals surface area contributed by atoms with Gasteiger partial charge in [-0.3, -0.25) is 4.57 Å². The lowest BCUT2D eigenvalue weighted by Gasteiger charge is -2.28. The lowest BCUT2D eigenvalue weighted by Crippen LogP contribution is -2.26. The molecule has 0 fully saturated rings. The molecule has 6 heteroatoms. The van der Waals surface area contributed by atoms with Crippen LogP contribution in [-0.4, -0.2) is 20.7 Å². The standard InChI is InChI=1S/C18H20NO3PS/c20-23(21,22)10-4-2-5-13-7-8-14-15-12-19-17-6-1-3-9-18(15,17)24-16(14)11-13/h1,3,6-8,11-12,19H,2,4-5,9-10H2,(H2,20,21,22). The molecule has 126 valence electrons. The van der Waals surface area contributed by atoms with Gasteiger partial charge in [-0.15, -0.1) is 11.8 Å². The van der Waals surface area contributed by atoms with E-state index in [0.717, 1.165) is 19.3 Å². The van der Waals surface area contributed by atoms with Gasteiger partial charge in [0.2, 0.25) is 0 Å². The maximum Gasteiger partial charge on any atom is 0.325 e. The monoisotopic (exact) mass is 361 g/mol. The van der Waals surface area contributed by atoms with Crippen LogP contribution in [0.5, 0.6) is 0 Å². The van der Waals surface area contributed by atoms with Crippen LogP contribution >= 0.6 is 19.4 Å². The molecule has 0 radical (unpaired) electrons. The van der Waals surface area contributed by atoms with Gasteiger partial charge in [0.1, 0.15) is 0 Å². The summed E-state index contributed by atoms with van der Waals surface area (Å²) in [6.45, 7) is 0. The van der Waals surface area contributed by atoms with E-state index < -0.39 is 7.60 Å². The second kappa shape index (κ2) is 5.92. The van der Waals surface area contributed by atoms with Gasteiger partial charge in [-0.25, -0.2) is 0 Å². The summed E-state index contributed by atoms with van der Waals surface area (Å²) in [5.41, 5.74) is 5.19. The Morgan fingerprint density at radius 3 is 3.00 bits per heavy atom. The van der Waals surface area contributed by atoms with Gasteiger partial charge in [0.15, 0.2) is 0 Å².